The van der Waals surface area contributed by atoms with Gasteiger partial charge in [0.2, 0.25) is 5.95 Å². The molecule has 0 bridgehead atoms. The molecule has 0 saturated carbocycles. The maximum Gasteiger partial charge on any atom is 0.203 e. The van der Waals surface area contributed by atoms with E-state index in [2.05, 4.69) is 34.9 Å². The summed E-state index contributed by atoms with van der Waals surface area (Å²) in [6.45, 7) is 8.24. The Balaban J connectivity index is 2.55. The monoisotopic (exact) mass is 253 g/mol. The molecule has 1 rings (SSSR count). The second-order valence-corrected chi connectivity index (χ2v) is 4.88. The van der Waals surface area contributed by atoms with E-state index in [9.17, 15) is 0 Å². The fraction of sp³-hybridized carbons (Fsp3) is 0.786. The number of hydrogen-bond acceptors (Lipinski definition) is 3. The molecule has 1 aromatic heterocycles. The standard InChI is InChI=1S/C14H27N3O/c1-5-6-8-13(3)17-11-12(2)16-14(17)15-9-7-10-18-4/h11,13H,5-10H2,1-4H3,(H,15,16). The van der Waals surface area contributed by atoms with Gasteiger partial charge in [-0.05, 0) is 26.7 Å². The van der Waals surface area contributed by atoms with Crippen LogP contribution in [0.2, 0.25) is 0 Å². The highest BCUT2D eigenvalue weighted by Crippen LogP contribution is 2.20. The normalized spacial score (nSPS) is 12.7. The molecule has 1 atom stereocenters. The van der Waals surface area contributed by atoms with E-state index in [1.54, 1.807) is 7.11 Å². The summed E-state index contributed by atoms with van der Waals surface area (Å²) in [5.74, 6) is 0.993. The summed E-state index contributed by atoms with van der Waals surface area (Å²) < 4.78 is 7.31. The van der Waals surface area contributed by atoms with Gasteiger partial charge in [-0.3, -0.25) is 0 Å². The number of ether oxygens (including phenoxy) is 1. The van der Waals surface area contributed by atoms with Gasteiger partial charge in [-0.2, -0.15) is 0 Å². The molecule has 0 fully saturated rings. The van der Waals surface area contributed by atoms with Crippen molar-refractivity contribution in [1.29, 1.82) is 0 Å². The lowest BCUT2D eigenvalue weighted by atomic mass is 10.1. The number of aromatic nitrogens is 2. The van der Waals surface area contributed by atoms with Gasteiger partial charge < -0.3 is 14.6 Å². The Morgan fingerprint density at radius 3 is 2.89 bits per heavy atom. The summed E-state index contributed by atoms with van der Waals surface area (Å²) >= 11 is 0. The van der Waals surface area contributed by atoms with Crippen molar-refractivity contribution in [2.24, 2.45) is 0 Å². The van der Waals surface area contributed by atoms with Crippen LogP contribution in [-0.2, 0) is 4.74 Å². The number of hydrogen-bond donors (Lipinski definition) is 1. The van der Waals surface area contributed by atoms with Gasteiger partial charge in [0.1, 0.15) is 0 Å². The van der Waals surface area contributed by atoms with Gasteiger partial charge in [0, 0.05) is 32.5 Å². The first kappa shape index (κ1) is 15.0. The summed E-state index contributed by atoms with van der Waals surface area (Å²) in [5.41, 5.74) is 1.08. The molecule has 0 radical (unpaired) electrons. The Kier molecular flexibility index (Phi) is 6.80. The maximum atomic E-state index is 5.05. The van der Waals surface area contributed by atoms with Gasteiger partial charge >= 0.3 is 0 Å². The van der Waals surface area contributed by atoms with Crippen LogP contribution in [0.5, 0.6) is 0 Å². The lowest BCUT2D eigenvalue weighted by molar-refractivity contribution is 0.197. The summed E-state index contributed by atoms with van der Waals surface area (Å²) in [4.78, 5) is 4.55. The zero-order valence-corrected chi connectivity index (χ0v) is 12.2. The lowest BCUT2D eigenvalue weighted by Gasteiger charge is -2.16. The van der Waals surface area contributed by atoms with E-state index in [1.807, 2.05) is 6.92 Å². The molecule has 0 amide bonds. The fourth-order valence-corrected chi connectivity index (χ4v) is 2.04. The lowest BCUT2D eigenvalue weighted by Crippen LogP contribution is -2.12. The van der Waals surface area contributed by atoms with Crippen LogP contribution in [0.4, 0.5) is 5.95 Å². The highest BCUT2D eigenvalue weighted by atomic mass is 16.5. The van der Waals surface area contributed by atoms with Crippen LogP contribution in [0.1, 0.15) is 51.3 Å². The molecule has 0 aromatic carbocycles. The molecular weight excluding hydrogens is 226 g/mol. The molecule has 4 heteroatoms. The highest BCUT2D eigenvalue weighted by Gasteiger charge is 2.10. The van der Waals surface area contributed by atoms with E-state index in [4.69, 9.17) is 4.74 Å². The minimum absolute atomic E-state index is 0.510. The molecule has 18 heavy (non-hydrogen) atoms. The van der Waals surface area contributed by atoms with Crippen molar-refractivity contribution in [3.05, 3.63) is 11.9 Å². The summed E-state index contributed by atoms with van der Waals surface area (Å²) in [5, 5.41) is 3.40. The molecule has 4 nitrogen and oxygen atoms in total. The van der Waals surface area contributed by atoms with Gasteiger partial charge in [-0.1, -0.05) is 19.8 Å². The van der Waals surface area contributed by atoms with E-state index < -0.39 is 0 Å². The van der Waals surface area contributed by atoms with E-state index in [0.29, 0.717) is 6.04 Å². The fourth-order valence-electron chi connectivity index (χ4n) is 2.04. The third-order valence-electron chi connectivity index (χ3n) is 3.11. The quantitative estimate of drug-likeness (QED) is 0.686. The first-order chi connectivity index (χ1) is 8.69. The molecule has 0 saturated heterocycles. The topological polar surface area (TPSA) is 39.1 Å². The Morgan fingerprint density at radius 1 is 1.44 bits per heavy atom. The number of rotatable bonds is 9. The molecule has 0 aliphatic heterocycles. The van der Waals surface area contributed by atoms with Crippen LogP contribution in [0.3, 0.4) is 0 Å². The van der Waals surface area contributed by atoms with Crippen molar-refractivity contribution in [1.82, 2.24) is 9.55 Å². The molecule has 1 heterocycles. The predicted molar refractivity (Wildman–Crippen MR) is 76.2 cm³/mol. The predicted octanol–water partition coefficient (Wildman–Crippen LogP) is 3.39. The maximum absolute atomic E-state index is 5.05. The third kappa shape index (κ3) is 4.69. The SMILES string of the molecule is CCCCC(C)n1cc(C)nc1NCCCOC. The van der Waals surface area contributed by atoms with Crippen LogP contribution in [0.15, 0.2) is 6.20 Å². The first-order valence-corrected chi connectivity index (χ1v) is 6.97. The van der Waals surface area contributed by atoms with Gasteiger partial charge in [-0.15, -0.1) is 0 Å². The van der Waals surface area contributed by atoms with Crippen molar-refractivity contribution in [3.63, 3.8) is 0 Å². The van der Waals surface area contributed by atoms with Crippen molar-refractivity contribution in [2.75, 3.05) is 25.6 Å². The Hall–Kier alpha value is -1.03. The average molecular weight is 253 g/mol. The molecule has 1 aromatic rings. The molecule has 0 aliphatic rings. The minimum atomic E-state index is 0.510. The van der Waals surface area contributed by atoms with Gasteiger partial charge in [0.25, 0.3) is 0 Å². The number of anilines is 1. The molecule has 1 unspecified atom stereocenters. The Bertz CT molecular complexity index is 336. The molecule has 0 spiro atoms. The van der Waals surface area contributed by atoms with Crippen molar-refractivity contribution >= 4 is 5.95 Å². The molecule has 1 N–H and O–H groups in total. The van der Waals surface area contributed by atoms with Crippen molar-refractivity contribution < 1.29 is 4.74 Å². The van der Waals surface area contributed by atoms with Crippen LogP contribution in [0, 0.1) is 6.92 Å². The summed E-state index contributed by atoms with van der Waals surface area (Å²) in [6.07, 6.45) is 6.86. The summed E-state index contributed by atoms with van der Waals surface area (Å²) in [7, 11) is 1.73. The van der Waals surface area contributed by atoms with Gasteiger partial charge in [0.05, 0.1) is 5.69 Å². The van der Waals surface area contributed by atoms with E-state index in [0.717, 1.165) is 31.2 Å². The number of imidazole rings is 1. The van der Waals surface area contributed by atoms with Crippen LogP contribution in [-0.4, -0.2) is 29.8 Å². The summed E-state index contributed by atoms with van der Waals surface area (Å²) in [6, 6.07) is 0.510. The second-order valence-electron chi connectivity index (χ2n) is 4.88. The highest BCUT2D eigenvalue weighted by molar-refractivity contribution is 5.29. The zero-order valence-electron chi connectivity index (χ0n) is 12.2. The second kappa shape index (κ2) is 8.14. The number of nitrogens with one attached hydrogen (secondary N) is 1. The average Bonchev–Trinajstić information content (AvgIpc) is 2.73. The number of aryl methyl sites for hydroxylation is 1. The largest absolute Gasteiger partial charge is 0.385 e. The number of nitrogens with zero attached hydrogens (tertiary/aromatic N) is 2. The van der Waals surface area contributed by atoms with Gasteiger partial charge in [0.15, 0.2) is 0 Å². The van der Waals surface area contributed by atoms with Crippen molar-refractivity contribution in [3.8, 4) is 0 Å². The molecular formula is C14H27N3O. The smallest absolute Gasteiger partial charge is 0.203 e. The first-order valence-electron chi connectivity index (χ1n) is 6.97. The van der Waals surface area contributed by atoms with Crippen LogP contribution >= 0.6 is 0 Å². The minimum Gasteiger partial charge on any atom is -0.385 e. The van der Waals surface area contributed by atoms with E-state index in [-0.39, 0.29) is 0 Å². The van der Waals surface area contributed by atoms with E-state index in [1.165, 1.54) is 19.3 Å². The Morgan fingerprint density at radius 2 is 2.22 bits per heavy atom. The number of methoxy groups -OCH3 is 1. The number of unbranched alkanes of at least 4 members (excludes halogenated alkanes) is 1. The van der Waals surface area contributed by atoms with Crippen LogP contribution < -0.4 is 5.32 Å². The Labute approximate surface area is 111 Å². The zero-order chi connectivity index (χ0) is 13.4. The van der Waals surface area contributed by atoms with Crippen molar-refractivity contribution in [2.45, 2.75) is 52.5 Å². The third-order valence-corrected chi connectivity index (χ3v) is 3.11. The van der Waals surface area contributed by atoms with E-state index >= 15 is 0 Å². The molecule has 0 aliphatic carbocycles. The van der Waals surface area contributed by atoms with Gasteiger partial charge in [-0.25, -0.2) is 4.98 Å². The van der Waals surface area contributed by atoms with Crippen LogP contribution in [0.25, 0.3) is 0 Å². The molecule has 104 valence electrons.